The topological polar surface area (TPSA) is 38.3 Å². The molecule has 116 valence electrons. The van der Waals surface area contributed by atoms with Crippen LogP contribution in [0.25, 0.3) is 0 Å². The first-order chi connectivity index (χ1) is 10.6. The van der Waals surface area contributed by atoms with Gasteiger partial charge in [0.2, 0.25) is 0 Å². The molecule has 0 aliphatic heterocycles. The molecule has 1 N–H and O–H groups in total. The molecule has 2 rings (SSSR count). The molecule has 0 unspecified atom stereocenters. The second kappa shape index (κ2) is 7.80. The monoisotopic (exact) mass is 321 g/mol. The van der Waals surface area contributed by atoms with Crippen molar-refractivity contribution in [2.24, 2.45) is 0 Å². The summed E-state index contributed by atoms with van der Waals surface area (Å²) in [6.07, 6.45) is -0.0955. The summed E-state index contributed by atoms with van der Waals surface area (Å²) in [4.78, 5) is 12.1. The van der Waals surface area contributed by atoms with Crippen molar-refractivity contribution in [1.29, 1.82) is 0 Å². The lowest BCUT2D eigenvalue weighted by Gasteiger charge is -2.17. The van der Waals surface area contributed by atoms with E-state index in [1.807, 2.05) is 19.1 Å². The molecule has 0 fully saturated rings. The molecule has 5 heteroatoms. The number of carbonyl (C=O) groups excluding carboxylic acids is 1. The molecule has 0 bridgehead atoms. The van der Waals surface area contributed by atoms with Gasteiger partial charge in [-0.3, -0.25) is 4.79 Å². The maximum Gasteiger partial charge on any atom is 0.261 e. The molecule has 22 heavy (non-hydrogen) atoms. The Labute approximate surface area is 134 Å². The zero-order chi connectivity index (χ0) is 15.9. The van der Waals surface area contributed by atoms with Gasteiger partial charge in [-0.15, -0.1) is 0 Å². The lowest BCUT2D eigenvalue weighted by Crippen LogP contribution is -2.37. The molecule has 1 atom stereocenters. The third-order valence-corrected chi connectivity index (χ3v) is 3.39. The van der Waals surface area contributed by atoms with Crippen molar-refractivity contribution in [3.05, 3.63) is 64.9 Å². The highest BCUT2D eigenvalue weighted by atomic mass is 35.5. The number of hydrogen-bond acceptors (Lipinski definition) is 2. The smallest absolute Gasteiger partial charge is 0.261 e. The molecule has 2 aromatic carbocycles. The molecule has 2 aromatic rings. The minimum atomic E-state index is -0.613. The summed E-state index contributed by atoms with van der Waals surface area (Å²) in [7, 11) is 0. The number of halogens is 2. The quantitative estimate of drug-likeness (QED) is 0.874. The maximum atomic E-state index is 12.9. The fourth-order valence-electron chi connectivity index (χ4n) is 1.90. The van der Waals surface area contributed by atoms with E-state index >= 15 is 0 Å². The van der Waals surface area contributed by atoms with Crippen molar-refractivity contribution in [3.8, 4) is 5.75 Å². The Morgan fingerprint density at radius 1 is 1.18 bits per heavy atom. The van der Waals surface area contributed by atoms with E-state index in [4.69, 9.17) is 16.3 Å². The van der Waals surface area contributed by atoms with Gasteiger partial charge in [-0.25, -0.2) is 4.39 Å². The van der Waals surface area contributed by atoms with Gasteiger partial charge in [0.25, 0.3) is 5.91 Å². The molecule has 0 saturated carbocycles. The van der Waals surface area contributed by atoms with E-state index in [9.17, 15) is 9.18 Å². The summed E-state index contributed by atoms with van der Waals surface area (Å²) in [5.41, 5.74) is 0.953. The highest BCUT2D eigenvalue weighted by Crippen LogP contribution is 2.15. The number of amides is 1. The molecule has 0 spiro atoms. The van der Waals surface area contributed by atoms with Crippen LogP contribution in [0, 0.1) is 5.82 Å². The second-order valence-electron chi connectivity index (χ2n) is 4.81. The average Bonchev–Trinajstić information content (AvgIpc) is 2.53. The van der Waals surface area contributed by atoms with Crippen molar-refractivity contribution in [3.63, 3.8) is 0 Å². The summed E-state index contributed by atoms with van der Waals surface area (Å²) in [6, 6.07) is 12.9. The van der Waals surface area contributed by atoms with E-state index in [1.54, 1.807) is 12.1 Å². The van der Waals surface area contributed by atoms with Crippen LogP contribution >= 0.6 is 11.6 Å². The minimum Gasteiger partial charge on any atom is -0.481 e. The van der Waals surface area contributed by atoms with Gasteiger partial charge in [0, 0.05) is 11.6 Å². The Bertz CT molecular complexity index is 614. The first kappa shape index (κ1) is 16.3. The van der Waals surface area contributed by atoms with Gasteiger partial charge in [0.05, 0.1) is 0 Å². The predicted octanol–water partition coefficient (Wildman–Crippen LogP) is 3.95. The molecule has 0 saturated heterocycles. The molecule has 0 aromatic heterocycles. The van der Waals surface area contributed by atoms with E-state index in [2.05, 4.69) is 5.32 Å². The first-order valence-electron chi connectivity index (χ1n) is 7.03. The summed E-state index contributed by atoms with van der Waals surface area (Å²) in [5, 5.41) is 3.47. The zero-order valence-corrected chi connectivity index (χ0v) is 12.9. The van der Waals surface area contributed by atoms with Gasteiger partial charge < -0.3 is 10.1 Å². The van der Waals surface area contributed by atoms with E-state index in [0.717, 1.165) is 5.56 Å². The molecular weight excluding hydrogens is 305 g/mol. The van der Waals surface area contributed by atoms with Crippen molar-refractivity contribution in [1.82, 2.24) is 5.32 Å². The minimum absolute atomic E-state index is 0.207. The summed E-state index contributed by atoms with van der Waals surface area (Å²) in [5.74, 6) is -0.0794. The van der Waals surface area contributed by atoms with Gasteiger partial charge in [-0.1, -0.05) is 30.7 Å². The summed E-state index contributed by atoms with van der Waals surface area (Å²) in [6.45, 7) is 2.26. The Morgan fingerprint density at radius 3 is 2.41 bits per heavy atom. The highest BCUT2D eigenvalue weighted by molar-refractivity contribution is 6.30. The van der Waals surface area contributed by atoms with E-state index in [-0.39, 0.29) is 11.7 Å². The lowest BCUT2D eigenvalue weighted by atomic mass is 10.2. The molecule has 3 nitrogen and oxygen atoms in total. The number of benzene rings is 2. The van der Waals surface area contributed by atoms with Crippen LogP contribution in [0.5, 0.6) is 5.75 Å². The number of rotatable bonds is 6. The molecule has 0 radical (unpaired) electrons. The highest BCUT2D eigenvalue weighted by Gasteiger charge is 2.18. The Balaban J connectivity index is 1.91. The van der Waals surface area contributed by atoms with Crippen LogP contribution in [-0.4, -0.2) is 12.0 Å². The predicted molar refractivity (Wildman–Crippen MR) is 84.4 cm³/mol. The van der Waals surface area contributed by atoms with Crippen molar-refractivity contribution in [2.45, 2.75) is 26.0 Å². The van der Waals surface area contributed by atoms with E-state index in [1.165, 1.54) is 24.3 Å². The average molecular weight is 322 g/mol. The fraction of sp³-hybridized carbons (Fsp3) is 0.235. The number of carbonyl (C=O) groups is 1. The normalized spacial score (nSPS) is 11.8. The third kappa shape index (κ3) is 4.74. The van der Waals surface area contributed by atoms with Crippen LogP contribution in [0.2, 0.25) is 5.02 Å². The van der Waals surface area contributed by atoms with Crippen molar-refractivity contribution < 1.29 is 13.9 Å². The second-order valence-corrected chi connectivity index (χ2v) is 5.25. The third-order valence-electron chi connectivity index (χ3n) is 3.14. The van der Waals surface area contributed by atoms with Crippen LogP contribution < -0.4 is 10.1 Å². The van der Waals surface area contributed by atoms with Gasteiger partial charge in [0.15, 0.2) is 6.10 Å². The number of nitrogens with one attached hydrogen (secondary N) is 1. The SMILES string of the molecule is CC[C@@H](Oc1ccc(F)cc1)C(=O)NCc1ccc(Cl)cc1. The molecular formula is C17H17ClFNO2. The lowest BCUT2D eigenvalue weighted by molar-refractivity contribution is -0.128. The molecule has 0 heterocycles. The van der Waals surface area contributed by atoms with Crippen LogP contribution in [-0.2, 0) is 11.3 Å². The summed E-state index contributed by atoms with van der Waals surface area (Å²) < 4.78 is 18.4. The number of hydrogen-bond donors (Lipinski definition) is 1. The van der Waals surface area contributed by atoms with Crippen molar-refractivity contribution in [2.75, 3.05) is 0 Å². The maximum absolute atomic E-state index is 12.9. The van der Waals surface area contributed by atoms with Crippen LogP contribution in [0.1, 0.15) is 18.9 Å². The fourth-order valence-corrected chi connectivity index (χ4v) is 2.03. The molecule has 0 aliphatic carbocycles. The molecule has 1 amide bonds. The van der Waals surface area contributed by atoms with Gasteiger partial charge in [-0.2, -0.15) is 0 Å². The standard InChI is InChI=1S/C17H17ClFNO2/c1-2-16(22-15-9-7-14(19)8-10-15)17(21)20-11-12-3-5-13(18)6-4-12/h3-10,16H,2,11H2,1H3,(H,20,21)/t16-/m1/s1. The van der Waals surface area contributed by atoms with Crippen molar-refractivity contribution >= 4 is 17.5 Å². The van der Waals surface area contributed by atoms with Gasteiger partial charge in [0.1, 0.15) is 11.6 Å². The first-order valence-corrected chi connectivity index (χ1v) is 7.40. The largest absolute Gasteiger partial charge is 0.481 e. The molecule has 0 aliphatic rings. The van der Waals surface area contributed by atoms with Gasteiger partial charge in [-0.05, 0) is 48.4 Å². The Kier molecular flexibility index (Phi) is 5.78. The van der Waals surface area contributed by atoms with E-state index in [0.29, 0.717) is 23.7 Å². The van der Waals surface area contributed by atoms with E-state index < -0.39 is 6.10 Å². The number of ether oxygens (including phenoxy) is 1. The Morgan fingerprint density at radius 2 is 1.82 bits per heavy atom. The summed E-state index contributed by atoms with van der Waals surface area (Å²) >= 11 is 5.81. The van der Waals surface area contributed by atoms with Gasteiger partial charge >= 0.3 is 0 Å². The van der Waals surface area contributed by atoms with Crippen LogP contribution in [0.4, 0.5) is 4.39 Å². The van der Waals surface area contributed by atoms with Crippen LogP contribution in [0.3, 0.4) is 0 Å². The zero-order valence-electron chi connectivity index (χ0n) is 12.2. The van der Waals surface area contributed by atoms with Crippen LogP contribution in [0.15, 0.2) is 48.5 Å². The Hall–Kier alpha value is -2.07.